The number of rotatable bonds is 9. The number of nitrogens with zero attached hydrogens (tertiary/aromatic N) is 3. The third kappa shape index (κ3) is 4.86. The summed E-state index contributed by atoms with van der Waals surface area (Å²) in [5.74, 6) is -1.26. The zero-order chi connectivity index (χ0) is 25.0. The van der Waals surface area contributed by atoms with Gasteiger partial charge in [-0.3, -0.25) is 19.7 Å². The zero-order valence-electron chi connectivity index (χ0n) is 19.5. The minimum atomic E-state index is -0.977. The first-order chi connectivity index (χ1) is 16.2. The van der Waals surface area contributed by atoms with E-state index in [1.807, 2.05) is 19.0 Å². The summed E-state index contributed by atoms with van der Waals surface area (Å²) in [4.78, 5) is 40.2. The number of ether oxygens (including phenoxy) is 2. The van der Waals surface area contributed by atoms with Crippen LogP contribution in [0, 0.1) is 10.1 Å². The van der Waals surface area contributed by atoms with Gasteiger partial charge in [-0.1, -0.05) is 12.1 Å². The van der Waals surface area contributed by atoms with Gasteiger partial charge in [-0.15, -0.1) is 0 Å². The molecule has 0 aromatic heterocycles. The van der Waals surface area contributed by atoms with E-state index in [1.54, 1.807) is 18.2 Å². The van der Waals surface area contributed by atoms with Crippen LogP contribution in [0.25, 0.3) is 5.76 Å². The van der Waals surface area contributed by atoms with Gasteiger partial charge in [0.15, 0.2) is 11.5 Å². The number of non-ortho nitro benzene ring substituents is 1. The highest BCUT2D eigenvalue weighted by Gasteiger charge is 2.46. The van der Waals surface area contributed by atoms with E-state index in [2.05, 4.69) is 0 Å². The van der Waals surface area contributed by atoms with Crippen molar-refractivity contribution in [3.05, 3.63) is 69.3 Å². The van der Waals surface area contributed by atoms with Crippen LogP contribution >= 0.6 is 0 Å². The number of methoxy groups -OCH3 is 2. The summed E-state index contributed by atoms with van der Waals surface area (Å²) in [6.45, 7) is 0.902. The van der Waals surface area contributed by atoms with Crippen molar-refractivity contribution in [1.29, 1.82) is 0 Å². The summed E-state index contributed by atoms with van der Waals surface area (Å²) in [6, 6.07) is 9.37. The van der Waals surface area contributed by atoms with Crippen LogP contribution in [0.1, 0.15) is 23.6 Å². The Balaban J connectivity index is 2.16. The van der Waals surface area contributed by atoms with Gasteiger partial charge < -0.3 is 24.4 Å². The van der Waals surface area contributed by atoms with Gasteiger partial charge in [0.25, 0.3) is 17.4 Å². The molecule has 1 N–H and O–H groups in total. The van der Waals surface area contributed by atoms with Crippen molar-refractivity contribution in [2.75, 3.05) is 41.4 Å². The predicted octanol–water partition coefficient (Wildman–Crippen LogP) is 2.99. The first-order valence-electron chi connectivity index (χ1n) is 10.6. The molecule has 1 amide bonds. The molecule has 34 heavy (non-hydrogen) atoms. The molecule has 0 unspecified atom stereocenters. The molecule has 3 rings (SSSR count). The predicted molar refractivity (Wildman–Crippen MR) is 125 cm³/mol. The molecule has 1 aliphatic rings. The fourth-order valence-corrected chi connectivity index (χ4v) is 3.96. The number of carbonyl (C=O) groups excluding carboxylic acids is 2. The van der Waals surface area contributed by atoms with Crippen molar-refractivity contribution in [3.63, 3.8) is 0 Å². The lowest BCUT2D eigenvalue weighted by Gasteiger charge is -2.26. The molecule has 1 aliphatic heterocycles. The average Bonchev–Trinajstić information content (AvgIpc) is 3.08. The SMILES string of the molecule is COc1ccc(C(O)=C2C(=O)C(=O)N(CCCN(C)C)[C@@H]2c2cccc([N+](=O)[O-])c2)cc1OC. The lowest BCUT2D eigenvalue weighted by atomic mass is 9.94. The summed E-state index contributed by atoms with van der Waals surface area (Å²) in [6.07, 6.45) is 0.571. The van der Waals surface area contributed by atoms with Gasteiger partial charge >= 0.3 is 0 Å². The van der Waals surface area contributed by atoms with Crippen molar-refractivity contribution in [3.8, 4) is 11.5 Å². The maximum absolute atomic E-state index is 13.1. The molecule has 0 spiro atoms. The largest absolute Gasteiger partial charge is 0.507 e. The van der Waals surface area contributed by atoms with Crippen molar-refractivity contribution >= 4 is 23.1 Å². The van der Waals surface area contributed by atoms with E-state index in [-0.39, 0.29) is 23.4 Å². The number of aliphatic hydroxyl groups is 1. The third-order valence-electron chi connectivity index (χ3n) is 5.60. The number of aliphatic hydroxyl groups excluding tert-OH is 1. The summed E-state index contributed by atoms with van der Waals surface area (Å²) in [5, 5.41) is 22.5. The summed E-state index contributed by atoms with van der Waals surface area (Å²) in [5.41, 5.74) is 0.296. The fraction of sp³-hybridized carbons (Fsp3) is 0.333. The van der Waals surface area contributed by atoms with Gasteiger partial charge in [0.2, 0.25) is 0 Å². The summed E-state index contributed by atoms with van der Waals surface area (Å²) < 4.78 is 10.5. The molecule has 2 aromatic rings. The normalized spacial score (nSPS) is 17.3. The van der Waals surface area contributed by atoms with Crippen LogP contribution < -0.4 is 9.47 Å². The van der Waals surface area contributed by atoms with Crippen LogP contribution in [-0.4, -0.2) is 72.9 Å². The second-order valence-corrected chi connectivity index (χ2v) is 8.07. The van der Waals surface area contributed by atoms with E-state index in [0.29, 0.717) is 30.0 Å². The first-order valence-corrected chi connectivity index (χ1v) is 10.6. The highest BCUT2D eigenvalue weighted by molar-refractivity contribution is 6.46. The van der Waals surface area contributed by atoms with Crippen molar-refractivity contribution in [2.24, 2.45) is 0 Å². The Labute approximate surface area is 197 Å². The standard InChI is InChI=1S/C24H27N3O7/c1-25(2)11-6-12-26-21(15-7-5-8-17(13-15)27(31)32)20(23(29)24(26)30)22(28)16-9-10-18(33-3)19(14-16)34-4/h5,7-10,13-14,21,28H,6,11-12H2,1-4H3/t21-/m1/s1. The van der Waals surface area contributed by atoms with Gasteiger partial charge in [0.05, 0.1) is 30.8 Å². The zero-order valence-corrected chi connectivity index (χ0v) is 19.5. The van der Waals surface area contributed by atoms with E-state index in [1.165, 1.54) is 43.4 Å². The van der Waals surface area contributed by atoms with E-state index < -0.39 is 28.4 Å². The number of likely N-dealkylation sites (tertiary alicyclic amines) is 1. The van der Waals surface area contributed by atoms with Gasteiger partial charge in [0, 0.05) is 24.2 Å². The second-order valence-electron chi connectivity index (χ2n) is 8.07. The van der Waals surface area contributed by atoms with Crippen molar-refractivity contribution in [2.45, 2.75) is 12.5 Å². The van der Waals surface area contributed by atoms with Gasteiger partial charge in [-0.05, 0) is 50.8 Å². The van der Waals surface area contributed by atoms with Crippen LogP contribution in [0.5, 0.6) is 11.5 Å². The molecule has 1 fully saturated rings. The molecule has 0 saturated carbocycles. The molecule has 1 saturated heterocycles. The number of benzene rings is 2. The molecular formula is C24H27N3O7. The van der Waals surface area contributed by atoms with E-state index >= 15 is 0 Å². The Kier molecular flexibility index (Phi) is 7.52. The van der Waals surface area contributed by atoms with Crippen LogP contribution in [0.15, 0.2) is 48.0 Å². The Morgan fingerprint density at radius 3 is 2.44 bits per heavy atom. The monoisotopic (exact) mass is 469 g/mol. The maximum atomic E-state index is 13.1. The molecule has 0 bridgehead atoms. The first kappa shape index (κ1) is 24.7. The Bertz CT molecular complexity index is 1140. The Morgan fingerprint density at radius 1 is 1.12 bits per heavy atom. The molecule has 1 atom stereocenters. The number of nitro groups is 1. The molecular weight excluding hydrogens is 442 g/mol. The number of hydrogen-bond acceptors (Lipinski definition) is 8. The second kappa shape index (κ2) is 10.3. The summed E-state index contributed by atoms with van der Waals surface area (Å²) >= 11 is 0. The number of carbonyl (C=O) groups is 2. The van der Waals surface area contributed by atoms with Crippen LogP contribution in [0.2, 0.25) is 0 Å². The fourth-order valence-electron chi connectivity index (χ4n) is 3.96. The number of Topliss-reactive ketones (excluding diaryl/α,β-unsaturated/α-hetero) is 1. The third-order valence-corrected chi connectivity index (χ3v) is 5.60. The Hall–Kier alpha value is -3.92. The summed E-state index contributed by atoms with van der Waals surface area (Å²) in [7, 11) is 6.69. The topological polar surface area (TPSA) is 122 Å². The van der Waals surface area contributed by atoms with Gasteiger partial charge in [-0.2, -0.15) is 0 Å². The van der Waals surface area contributed by atoms with E-state index in [0.717, 1.165) is 0 Å². The van der Waals surface area contributed by atoms with Gasteiger partial charge in [-0.25, -0.2) is 0 Å². The van der Waals surface area contributed by atoms with Crippen molar-refractivity contribution in [1.82, 2.24) is 9.80 Å². The highest BCUT2D eigenvalue weighted by atomic mass is 16.6. The van der Waals surface area contributed by atoms with Crippen LogP contribution in [0.4, 0.5) is 5.69 Å². The number of amides is 1. The molecule has 180 valence electrons. The molecule has 10 heteroatoms. The van der Waals surface area contributed by atoms with Crippen LogP contribution in [0.3, 0.4) is 0 Å². The molecule has 0 aliphatic carbocycles. The average molecular weight is 469 g/mol. The van der Waals surface area contributed by atoms with Gasteiger partial charge in [0.1, 0.15) is 5.76 Å². The Morgan fingerprint density at radius 2 is 1.82 bits per heavy atom. The minimum Gasteiger partial charge on any atom is -0.507 e. The number of ketones is 1. The number of nitro benzene ring substituents is 1. The van der Waals surface area contributed by atoms with Crippen molar-refractivity contribution < 1.29 is 29.1 Å². The van der Waals surface area contributed by atoms with E-state index in [4.69, 9.17) is 9.47 Å². The molecule has 1 heterocycles. The van der Waals surface area contributed by atoms with E-state index in [9.17, 15) is 24.8 Å². The molecule has 0 radical (unpaired) electrons. The molecule has 10 nitrogen and oxygen atoms in total. The minimum absolute atomic E-state index is 0.137. The van der Waals surface area contributed by atoms with Crippen LogP contribution in [-0.2, 0) is 9.59 Å². The maximum Gasteiger partial charge on any atom is 0.295 e. The lowest BCUT2D eigenvalue weighted by Crippen LogP contribution is -2.32. The highest BCUT2D eigenvalue weighted by Crippen LogP contribution is 2.41. The number of hydrogen-bond donors (Lipinski definition) is 1. The smallest absolute Gasteiger partial charge is 0.295 e. The quantitative estimate of drug-likeness (QED) is 0.196. The molecule has 2 aromatic carbocycles. The lowest BCUT2D eigenvalue weighted by molar-refractivity contribution is -0.384.